The fourth-order valence-electron chi connectivity index (χ4n) is 2.33. The molecule has 4 nitrogen and oxygen atoms in total. The molecule has 0 aliphatic carbocycles. The van der Waals surface area contributed by atoms with Crippen LogP contribution in [-0.4, -0.2) is 14.5 Å². The van der Waals surface area contributed by atoms with Gasteiger partial charge < -0.3 is 4.57 Å². The molecule has 0 aromatic carbocycles. The van der Waals surface area contributed by atoms with E-state index >= 15 is 0 Å². The molecule has 0 bridgehead atoms. The molecule has 0 fully saturated rings. The zero-order chi connectivity index (χ0) is 16.0. The van der Waals surface area contributed by atoms with Crippen molar-refractivity contribution in [3.63, 3.8) is 0 Å². The third-order valence-corrected chi connectivity index (χ3v) is 5.10. The van der Waals surface area contributed by atoms with Gasteiger partial charge in [-0.1, -0.05) is 25.4 Å². The van der Waals surface area contributed by atoms with Gasteiger partial charge in [-0.05, 0) is 29.1 Å². The number of halogens is 2. The molecule has 3 rings (SSSR count). The van der Waals surface area contributed by atoms with E-state index in [0.29, 0.717) is 22.0 Å². The minimum atomic E-state index is -0.0295. The average Bonchev–Trinajstić information content (AvgIpc) is 2.90. The lowest BCUT2D eigenvalue weighted by atomic mass is 10.0. The SMILES string of the molecule is CC(C)c1cn(C)c(=O)c2cc(-c3nc(Cl)ncc3Cl)sc12. The number of aryl methyl sites for hydroxylation is 1. The second kappa shape index (κ2) is 5.65. The van der Waals surface area contributed by atoms with E-state index in [4.69, 9.17) is 23.2 Å². The van der Waals surface area contributed by atoms with Crippen molar-refractivity contribution < 1.29 is 0 Å². The molecular weight excluding hydrogens is 341 g/mol. The molecule has 7 heteroatoms. The lowest BCUT2D eigenvalue weighted by molar-refractivity contribution is 0.811. The summed E-state index contributed by atoms with van der Waals surface area (Å²) in [7, 11) is 1.76. The molecule has 0 radical (unpaired) electrons. The minimum absolute atomic E-state index is 0.0295. The van der Waals surface area contributed by atoms with Crippen molar-refractivity contribution in [3.8, 4) is 10.6 Å². The third kappa shape index (κ3) is 2.53. The van der Waals surface area contributed by atoms with E-state index in [1.165, 1.54) is 17.5 Å². The van der Waals surface area contributed by atoms with E-state index in [0.717, 1.165) is 15.1 Å². The molecule has 0 spiro atoms. The van der Waals surface area contributed by atoms with Gasteiger partial charge in [-0.3, -0.25) is 4.79 Å². The van der Waals surface area contributed by atoms with Crippen LogP contribution in [0.3, 0.4) is 0 Å². The number of thiophene rings is 1. The van der Waals surface area contributed by atoms with Gasteiger partial charge in [0.2, 0.25) is 5.28 Å². The number of aromatic nitrogens is 3. The van der Waals surface area contributed by atoms with E-state index in [-0.39, 0.29) is 10.8 Å². The van der Waals surface area contributed by atoms with E-state index in [2.05, 4.69) is 23.8 Å². The largest absolute Gasteiger partial charge is 0.318 e. The van der Waals surface area contributed by atoms with Gasteiger partial charge in [-0.15, -0.1) is 11.3 Å². The summed E-state index contributed by atoms with van der Waals surface area (Å²) >= 11 is 13.5. The van der Waals surface area contributed by atoms with Gasteiger partial charge in [-0.2, -0.15) is 0 Å². The molecule has 0 saturated heterocycles. The van der Waals surface area contributed by atoms with Crippen molar-refractivity contribution in [2.45, 2.75) is 19.8 Å². The van der Waals surface area contributed by atoms with Crippen LogP contribution in [0.2, 0.25) is 10.3 Å². The standard InChI is InChI=1S/C15H13Cl2N3OS/c1-7(2)9-6-20(3)14(21)8-4-11(22-13(8)9)12-10(16)5-18-15(17)19-12/h4-7H,1-3H3. The van der Waals surface area contributed by atoms with Crippen molar-refractivity contribution in [2.75, 3.05) is 0 Å². The van der Waals surface area contributed by atoms with Gasteiger partial charge in [-0.25, -0.2) is 9.97 Å². The van der Waals surface area contributed by atoms with Crippen LogP contribution in [0.15, 0.2) is 23.3 Å². The topological polar surface area (TPSA) is 47.8 Å². The minimum Gasteiger partial charge on any atom is -0.318 e. The molecule has 0 amide bonds. The maximum absolute atomic E-state index is 12.4. The molecule has 0 N–H and O–H groups in total. The smallest absolute Gasteiger partial charge is 0.259 e. The molecule has 0 unspecified atom stereocenters. The molecule has 0 aliphatic rings. The van der Waals surface area contributed by atoms with Crippen LogP contribution >= 0.6 is 34.5 Å². The van der Waals surface area contributed by atoms with E-state index in [9.17, 15) is 4.79 Å². The summed E-state index contributed by atoms with van der Waals surface area (Å²) in [5.74, 6) is 0.310. The molecule has 3 aromatic heterocycles. The summed E-state index contributed by atoms with van der Waals surface area (Å²) in [6.07, 6.45) is 3.36. The number of hydrogen-bond acceptors (Lipinski definition) is 4. The van der Waals surface area contributed by atoms with Gasteiger partial charge in [0.1, 0.15) is 5.69 Å². The van der Waals surface area contributed by atoms with Crippen molar-refractivity contribution in [1.29, 1.82) is 0 Å². The van der Waals surface area contributed by atoms with Crippen LogP contribution in [0.1, 0.15) is 25.3 Å². The van der Waals surface area contributed by atoms with Gasteiger partial charge in [0.15, 0.2) is 0 Å². The first-order chi connectivity index (χ1) is 10.4. The molecule has 0 aliphatic heterocycles. The number of pyridine rings is 1. The molecular formula is C15H13Cl2N3OS. The zero-order valence-corrected chi connectivity index (χ0v) is 14.6. The number of rotatable bonds is 2. The Morgan fingerprint density at radius 2 is 2.05 bits per heavy atom. The Kier molecular flexibility index (Phi) is 3.97. The predicted molar refractivity (Wildman–Crippen MR) is 92.2 cm³/mol. The van der Waals surface area contributed by atoms with Crippen LogP contribution < -0.4 is 5.56 Å². The molecule has 22 heavy (non-hydrogen) atoms. The lowest BCUT2D eigenvalue weighted by Gasteiger charge is -2.08. The summed E-state index contributed by atoms with van der Waals surface area (Å²) in [4.78, 5) is 21.2. The second-order valence-corrected chi connectivity index (χ2v) is 7.14. The summed E-state index contributed by atoms with van der Waals surface area (Å²) in [6, 6.07) is 1.83. The summed E-state index contributed by atoms with van der Waals surface area (Å²) in [5.41, 5.74) is 1.66. The van der Waals surface area contributed by atoms with Crippen LogP contribution in [0.25, 0.3) is 20.7 Å². The Hall–Kier alpha value is -1.43. The van der Waals surface area contributed by atoms with Crippen LogP contribution in [-0.2, 0) is 7.05 Å². The highest BCUT2D eigenvalue weighted by molar-refractivity contribution is 7.22. The highest BCUT2D eigenvalue weighted by Crippen LogP contribution is 2.38. The van der Waals surface area contributed by atoms with E-state index in [1.54, 1.807) is 11.6 Å². The molecule has 3 heterocycles. The van der Waals surface area contributed by atoms with Crippen molar-refractivity contribution in [1.82, 2.24) is 14.5 Å². The average molecular weight is 354 g/mol. The first-order valence-corrected chi connectivity index (χ1v) is 8.27. The fourth-order valence-corrected chi connectivity index (χ4v) is 4.02. The maximum Gasteiger partial charge on any atom is 0.259 e. The summed E-state index contributed by atoms with van der Waals surface area (Å²) < 4.78 is 2.59. The number of hydrogen-bond donors (Lipinski definition) is 0. The third-order valence-electron chi connectivity index (χ3n) is 3.45. The maximum atomic E-state index is 12.4. The Labute approximate surface area is 141 Å². The monoisotopic (exact) mass is 353 g/mol. The molecule has 3 aromatic rings. The van der Waals surface area contributed by atoms with Gasteiger partial charge in [0, 0.05) is 17.9 Å². The van der Waals surface area contributed by atoms with Crippen LogP contribution in [0, 0.1) is 0 Å². The van der Waals surface area contributed by atoms with Crippen LogP contribution in [0.5, 0.6) is 0 Å². The quantitative estimate of drug-likeness (QED) is 0.637. The number of fused-ring (bicyclic) bond motifs is 1. The first-order valence-electron chi connectivity index (χ1n) is 6.70. The normalized spacial score (nSPS) is 11.5. The van der Waals surface area contributed by atoms with E-state index in [1.807, 2.05) is 12.3 Å². The van der Waals surface area contributed by atoms with Gasteiger partial charge >= 0.3 is 0 Å². The zero-order valence-electron chi connectivity index (χ0n) is 12.2. The second-order valence-electron chi connectivity index (χ2n) is 5.34. The first kappa shape index (κ1) is 15.5. The predicted octanol–water partition coefficient (Wildman–Crippen LogP) is 4.49. The van der Waals surface area contributed by atoms with Crippen molar-refractivity contribution in [3.05, 3.63) is 44.7 Å². The highest BCUT2D eigenvalue weighted by atomic mass is 35.5. The Morgan fingerprint density at radius 3 is 2.73 bits per heavy atom. The summed E-state index contributed by atoms with van der Waals surface area (Å²) in [5, 5.41) is 1.23. The van der Waals surface area contributed by atoms with E-state index < -0.39 is 0 Å². The number of nitrogens with zero attached hydrogens (tertiary/aromatic N) is 3. The molecule has 0 saturated carbocycles. The summed E-state index contributed by atoms with van der Waals surface area (Å²) in [6.45, 7) is 4.21. The van der Waals surface area contributed by atoms with Crippen molar-refractivity contribution in [2.24, 2.45) is 7.05 Å². The lowest BCUT2D eigenvalue weighted by Crippen LogP contribution is -2.16. The highest BCUT2D eigenvalue weighted by Gasteiger charge is 2.17. The van der Waals surface area contributed by atoms with Gasteiger partial charge in [0.25, 0.3) is 5.56 Å². The van der Waals surface area contributed by atoms with Crippen LogP contribution in [0.4, 0.5) is 0 Å². The Bertz CT molecular complexity index is 930. The van der Waals surface area contributed by atoms with Gasteiger partial charge in [0.05, 0.1) is 21.5 Å². The fraction of sp³-hybridized carbons (Fsp3) is 0.267. The van der Waals surface area contributed by atoms with Crippen molar-refractivity contribution >= 4 is 44.6 Å². The molecule has 114 valence electrons. The Morgan fingerprint density at radius 1 is 1.32 bits per heavy atom. The molecule has 0 atom stereocenters. The Balaban J connectivity index is 2.34.